The quantitative estimate of drug-likeness (QED) is 0.456. The van der Waals surface area contributed by atoms with Crippen LogP contribution in [0.3, 0.4) is 0 Å². The summed E-state index contributed by atoms with van der Waals surface area (Å²) in [6.07, 6.45) is 0. The fourth-order valence-corrected chi connectivity index (χ4v) is 3.25. The molecule has 0 saturated carbocycles. The summed E-state index contributed by atoms with van der Waals surface area (Å²) in [4.78, 5) is 23.2. The minimum Gasteiger partial charge on any atom is -0.490 e. The van der Waals surface area contributed by atoms with E-state index >= 15 is 0 Å². The van der Waals surface area contributed by atoms with Gasteiger partial charge in [-0.25, -0.2) is 4.39 Å². The first-order valence-corrected chi connectivity index (χ1v) is 9.21. The van der Waals surface area contributed by atoms with Crippen molar-refractivity contribution in [1.82, 2.24) is 9.78 Å². The van der Waals surface area contributed by atoms with Crippen molar-refractivity contribution in [2.45, 2.75) is 20.4 Å². The van der Waals surface area contributed by atoms with Crippen LogP contribution in [-0.2, 0) is 6.54 Å². The van der Waals surface area contributed by atoms with Crippen molar-refractivity contribution in [2.75, 3.05) is 12.4 Å². The molecule has 1 amide bonds. The Morgan fingerprint density at radius 1 is 1.33 bits per heavy atom. The fourth-order valence-electron chi connectivity index (χ4n) is 3.02. The second-order valence-corrected chi connectivity index (χ2v) is 6.91. The number of hydrogen-bond donors (Lipinski definition) is 1. The zero-order valence-corrected chi connectivity index (χ0v) is 17.2. The van der Waals surface area contributed by atoms with Gasteiger partial charge in [-0.3, -0.25) is 19.6 Å². The molecule has 2 aromatic carbocycles. The highest BCUT2D eigenvalue weighted by molar-refractivity contribution is 6.31. The van der Waals surface area contributed by atoms with E-state index in [-0.39, 0.29) is 34.1 Å². The molecule has 0 radical (unpaired) electrons. The summed E-state index contributed by atoms with van der Waals surface area (Å²) in [6, 6.07) is 8.34. The zero-order chi connectivity index (χ0) is 22.0. The Morgan fingerprint density at radius 2 is 2.07 bits per heavy atom. The summed E-state index contributed by atoms with van der Waals surface area (Å²) in [7, 11) is 1.31. The van der Waals surface area contributed by atoms with Gasteiger partial charge in [-0.2, -0.15) is 5.10 Å². The van der Waals surface area contributed by atoms with Crippen LogP contribution in [-0.4, -0.2) is 27.7 Å². The number of carbonyl (C=O) groups is 1. The van der Waals surface area contributed by atoms with E-state index in [0.717, 1.165) is 6.07 Å². The number of ether oxygens (including phenoxy) is 1. The molecule has 1 aromatic heterocycles. The first kappa shape index (κ1) is 21.3. The Bertz CT molecular complexity index is 1130. The molecule has 0 spiro atoms. The average Bonchev–Trinajstić information content (AvgIpc) is 2.97. The van der Waals surface area contributed by atoms with Gasteiger partial charge in [0.2, 0.25) is 0 Å². The highest BCUT2D eigenvalue weighted by Crippen LogP contribution is 2.29. The molecule has 0 fully saturated rings. The average molecular weight is 433 g/mol. The van der Waals surface area contributed by atoms with E-state index in [4.69, 9.17) is 16.3 Å². The molecule has 156 valence electrons. The van der Waals surface area contributed by atoms with Crippen molar-refractivity contribution in [2.24, 2.45) is 0 Å². The monoisotopic (exact) mass is 432 g/mol. The van der Waals surface area contributed by atoms with E-state index in [1.54, 1.807) is 19.9 Å². The Kier molecular flexibility index (Phi) is 6.02. The van der Waals surface area contributed by atoms with Gasteiger partial charge in [0.1, 0.15) is 5.82 Å². The van der Waals surface area contributed by atoms with E-state index in [9.17, 15) is 19.3 Å². The van der Waals surface area contributed by atoms with Crippen molar-refractivity contribution in [3.8, 4) is 5.75 Å². The largest absolute Gasteiger partial charge is 0.490 e. The first-order chi connectivity index (χ1) is 14.2. The van der Waals surface area contributed by atoms with Crippen molar-refractivity contribution in [3.63, 3.8) is 0 Å². The number of rotatable bonds is 6. The molecule has 8 nitrogen and oxygen atoms in total. The smallest absolute Gasteiger partial charge is 0.311 e. The number of carbonyl (C=O) groups excluding carboxylic acids is 1. The van der Waals surface area contributed by atoms with Crippen molar-refractivity contribution < 1.29 is 18.8 Å². The number of methoxy groups -OCH3 is 1. The van der Waals surface area contributed by atoms with Gasteiger partial charge < -0.3 is 10.1 Å². The molecule has 3 aromatic rings. The number of nitrogens with one attached hydrogen (secondary N) is 1. The van der Waals surface area contributed by atoms with Gasteiger partial charge >= 0.3 is 5.69 Å². The Morgan fingerprint density at radius 3 is 2.70 bits per heavy atom. The number of halogens is 2. The van der Waals surface area contributed by atoms with Gasteiger partial charge in [-0.1, -0.05) is 17.7 Å². The van der Waals surface area contributed by atoms with Crippen molar-refractivity contribution in [3.05, 3.63) is 79.9 Å². The number of nitro groups is 1. The number of aryl methyl sites for hydroxylation is 1. The van der Waals surface area contributed by atoms with Gasteiger partial charge in [0, 0.05) is 22.2 Å². The standard InChI is InChI=1S/C20H18ClFN4O4/c1-11-19(12(2)25(24-11)10-14-15(21)5-4-6-16(14)22)23-20(27)13-7-8-18(30-3)17(9-13)26(28)29/h4-9H,10H2,1-3H3,(H,23,27). The second kappa shape index (κ2) is 8.50. The minimum atomic E-state index is -0.623. The molecule has 0 aliphatic carbocycles. The topological polar surface area (TPSA) is 99.3 Å². The lowest BCUT2D eigenvalue weighted by Crippen LogP contribution is -2.14. The van der Waals surface area contributed by atoms with Crippen LogP contribution in [0.1, 0.15) is 27.3 Å². The predicted molar refractivity (Wildman–Crippen MR) is 110 cm³/mol. The van der Waals surface area contributed by atoms with Crippen LogP contribution in [0, 0.1) is 29.8 Å². The summed E-state index contributed by atoms with van der Waals surface area (Å²) in [5, 5.41) is 18.5. The van der Waals surface area contributed by atoms with Crippen LogP contribution in [0.2, 0.25) is 5.02 Å². The molecule has 30 heavy (non-hydrogen) atoms. The Balaban J connectivity index is 1.88. The number of nitro benzene ring substituents is 1. The Labute approximate surface area is 176 Å². The van der Waals surface area contributed by atoms with Crippen LogP contribution in [0.15, 0.2) is 36.4 Å². The zero-order valence-electron chi connectivity index (χ0n) is 16.4. The molecule has 0 aliphatic rings. The second-order valence-electron chi connectivity index (χ2n) is 6.50. The third kappa shape index (κ3) is 4.11. The molecule has 0 bridgehead atoms. The van der Waals surface area contributed by atoms with E-state index in [2.05, 4.69) is 10.4 Å². The highest BCUT2D eigenvalue weighted by atomic mass is 35.5. The summed E-state index contributed by atoms with van der Waals surface area (Å²) in [5.41, 5.74) is 1.59. The van der Waals surface area contributed by atoms with Crippen LogP contribution in [0.4, 0.5) is 15.8 Å². The summed E-state index contributed by atoms with van der Waals surface area (Å²) < 4.78 is 20.6. The lowest BCUT2D eigenvalue weighted by Gasteiger charge is -2.09. The third-order valence-corrected chi connectivity index (χ3v) is 4.98. The van der Waals surface area contributed by atoms with Gasteiger partial charge in [0.25, 0.3) is 5.91 Å². The minimum absolute atomic E-state index is 0.0542. The number of amides is 1. The predicted octanol–water partition coefficient (Wildman–Crippen LogP) is 4.51. The molecular formula is C20H18ClFN4O4. The van der Waals surface area contributed by atoms with Crippen LogP contribution >= 0.6 is 11.6 Å². The number of hydrogen-bond acceptors (Lipinski definition) is 5. The SMILES string of the molecule is COc1ccc(C(=O)Nc2c(C)nn(Cc3c(F)cccc3Cl)c2C)cc1[N+](=O)[O-]. The lowest BCUT2D eigenvalue weighted by molar-refractivity contribution is -0.385. The van der Waals surface area contributed by atoms with E-state index in [0.29, 0.717) is 17.1 Å². The normalized spacial score (nSPS) is 10.7. The molecule has 1 N–H and O–H groups in total. The summed E-state index contributed by atoms with van der Waals surface area (Å²) in [5.74, 6) is -0.944. The maximum Gasteiger partial charge on any atom is 0.311 e. The number of anilines is 1. The van der Waals surface area contributed by atoms with Crippen LogP contribution < -0.4 is 10.1 Å². The number of nitrogens with zero attached hydrogens (tertiary/aromatic N) is 3. The molecule has 0 atom stereocenters. The molecule has 0 unspecified atom stereocenters. The Hall–Kier alpha value is -3.46. The summed E-state index contributed by atoms with van der Waals surface area (Å²) >= 11 is 6.09. The van der Waals surface area contributed by atoms with E-state index < -0.39 is 16.6 Å². The third-order valence-electron chi connectivity index (χ3n) is 4.63. The summed E-state index contributed by atoms with van der Waals surface area (Å²) in [6.45, 7) is 3.50. The first-order valence-electron chi connectivity index (χ1n) is 8.83. The fraction of sp³-hybridized carbons (Fsp3) is 0.200. The van der Waals surface area contributed by atoms with Gasteiger partial charge in [-0.05, 0) is 38.1 Å². The molecule has 0 saturated heterocycles. The maximum atomic E-state index is 14.1. The highest BCUT2D eigenvalue weighted by Gasteiger charge is 2.21. The van der Waals surface area contributed by atoms with Gasteiger partial charge in [0.15, 0.2) is 5.75 Å². The van der Waals surface area contributed by atoms with Crippen LogP contribution in [0.25, 0.3) is 0 Å². The number of benzene rings is 2. The van der Waals surface area contributed by atoms with Crippen molar-refractivity contribution in [1.29, 1.82) is 0 Å². The van der Waals surface area contributed by atoms with Gasteiger partial charge in [0.05, 0.1) is 35.7 Å². The molecule has 1 heterocycles. The molecular weight excluding hydrogens is 415 g/mol. The maximum absolute atomic E-state index is 14.1. The van der Waals surface area contributed by atoms with E-state index in [1.165, 1.54) is 36.1 Å². The number of aromatic nitrogens is 2. The molecule has 3 rings (SSSR count). The van der Waals surface area contributed by atoms with Crippen molar-refractivity contribution >= 4 is 28.9 Å². The van der Waals surface area contributed by atoms with E-state index in [1.807, 2.05) is 0 Å². The molecule has 10 heteroatoms. The van der Waals surface area contributed by atoms with Crippen LogP contribution in [0.5, 0.6) is 5.75 Å². The lowest BCUT2D eigenvalue weighted by atomic mass is 10.1. The molecule has 0 aliphatic heterocycles. The van der Waals surface area contributed by atoms with Gasteiger partial charge in [-0.15, -0.1) is 0 Å².